The molecule has 0 aliphatic carbocycles. The molecule has 1 atom stereocenters. The van der Waals surface area contributed by atoms with Crippen LogP contribution in [0, 0.1) is 12.8 Å². The van der Waals surface area contributed by atoms with Crippen LogP contribution in [0.1, 0.15) is 24.0 Å². The summed E-state index contributed by atoms with van der Waals surface area (Å²) >= 11 is 6.12. The van der Waals surface area contributed by atoms with Crippen molar-refractivity contribution in [3.8, 4) is 0 Å². The van der Waals surface area contributed by atoms with Crippen molar-refractivity contribution in [2.45, 2.75) is 26.2 Å². The Labute approximate surface area is 96.8 Å². The topological polar surface area (TPSA) is 12.0 Å². The minimum absolute atomic E-state index is 0.788. The minimum Gasteiger partial charge on any atom is -0.316 e. The smallest absolute Gasteiger partial charge is 0.0437 e. The summed E-state index contributed by atoms with van der Waals surface area (Å²) < 4.78 is 0. The van der Waals surface area contributed by atoms with Crippen LogP contribution in [0.2, 0.25) is 5.02 Å². The molecule has 1 fully saturated rings. The number of hydrogen-bond donors (Lipinski definition) is 1. The van der Waals surface area contributed by atoms with E-state index < -0.39 is 0 Å². The third-order valence-corrected chi connectivity index (χ3v) is 3.70. The van der Waals surface area contributed by atoms with Crippen molar-refractivity contribution in [3.63, 3.8) is 0 Å². The Balaban J connectivity index is 2.06. The highest BCUT2D eigenvalue weighted by molar-refractivity contribution is 6.31. The van der Waals surface area contributed by atoms with Gasteiger partial charge in [-0.05, 0) is 62.4 Å². The van der Waals surface area contributed by atoms with Gasteiger partial charge in [-0.1, -0.05) is 23.7 Å². The quantitative estimate of drug-likeness (QED) is 0.812. The zero-order valence-electron chi connectivity index (χ0n) is 9.22. The highest BCUT2D eigenvalue weighted by Gasteiger charge is 2.14. The molecule has 15 heavy (non-hydrogen) atoms. The van der Waals surface area contributed by atoms with Gasteiger partial charge in [0.15, 0.2) is 0 Å². The first-order valence-electron chi connectivity index (χ1n) is 5.72. The molecular formula is C13H18ClN. The summed E-state index contributed by atoms with van der Waals surface area (Å²) in [5.74, 6) is 0.788. The molecule has 1 heterocycles. The Hall–Kier alpha value is -0.530. The third kappa shape index (κ3) is 2.73. The minimum atomic E-state index is 0.788. The lowest BCUT2D eigenvalue weighted by atomic mass is 9.90. The van der Waals surface area contributed by atoms with Gasteiger partial charge < -0.3 is 5.32 Å². The van der Waals surface area contributed by atoms with Crippen molar-refractivity contribution in [2.75, 3.05) is 13.1 Å². The summed E-state index contributed by atoms with van der Waals surface area (Å²) in [4.78, 5) is 0. The maximum atomic E-state index is 6.12. The first-order valence-corrected chi connectivity index (χ1v) is 6.10. The SMILES string of the molecule is Cc1c(Cl)cccc1CC1CCCNC1. The van der Waals surface area contributed by atoms with Crippen LogP contribution in [0.4, 0.5) is 0 Å². The summed E-state index contributed by atoms with van der Waals surface area (Å²) in [5.41, 5.74) is 2.67. The maximum absolute atomic E-state index is 6.12. The van der Waals surface area contributed by atoms with Crippen LogP contribution in [0.15, 0.2) is 18.2 Å². The first-order chi connectivity index (χ1) is 7.27. The molecule has 1 aliphatic heterocycles. The molecule has 1 unspecified atom stereocenters. The summed E-state index contributed by atoms with van der Waals surface area (Å²) in [5, 5.41) is 4.36. The molecule has 0 radical (unpaired) electrons. The summed E-state index contributed by atoms with van der Waals surface area (Å²) in [6.07, 6.45) is 3.82. The van der Waals surface area contributed by atoms with Gasteiger partial charge in [-0.3, -0.25) is 0 Å². The molecule has 1 N–H and O–H groups in total. The van der Waals surface area contributed by atoms with Crippen molar-refractivity contribution in [3.05, 3.63) is 34.3 Å². The Morgan fingerprint density at radius 2 is 2.33 bits per heavy atom. The molecule has 1 aliphatic rings. The summed E-state index contributed by atoms with van der Waals surface area (Å²) in [6.45, 7) is 4.46. The second-order valence-electron chi connectivity index (χ2n) is 4.44. The molecule has 0 aromatic heterocycles. The second-order valence-corrected chi connectivity index (χ2v) is 4.85. The predicted molar refractivity (Wildman–Crippen MR) is 65.5 cm³/mol. The van der Waals surface area contributed by atoms with Gasteiger partial charge in [0, 0.05) is 5.02 Å². The van der Waals surface area contributed by atoms with E-state index in [1.165, 1.54) is 36.9 Å². The summed E-state index contributed by atoms with van der Waals surface area (Å²) in [7, 11) is 0. The Morgan fingerprint density at radius 3 is 3.07 bits per heavy atom. The average Bonchev–Trinajstić information content (AvgIpc) is 2.26. The van der Waals surface area contributed by atoms with Gasteiger partial charge in [-0.25, -0.2) is 0 Å². The van der Waals surface area contributed by atoms with E-state index in [-0.39, 0.29) is 0 Å². The standard InChI is InChI=1S/C13H18ClN/c1-10-12(5-2-6-13(10)14)8-11-4-3-7-15-9-11/h2,5-6,11,15H,3-4,7-9H2,1H3. The Kier molecular flexibility index (Phi) is 3.66. The third-order valence-electron chi connectivity index (χ3n) is 3.29. The fourth-order valence-corrected chi connectivity index (χ4v) is 2.48. The highest BCUT2D eigenvalue weighted by atomic mass is 35.5. The van der Waals surface area contributed by atoms with Crippen molar-refractivity contribution >= 4 is 11.6 Å². The maximum Gasteiger partial charge on any atom is 0.0437 e. The number of hydrogen-bond acceptors (Lipinski definition) is 1. The van der Waals surface area contributed by atoms with E-state index in [0.717, 1.165) is 17.5 Å². The van der Waals surface area contributed by atoms with Crippen LogP contribution < -0.4 is 5.32 Å². The zero-order chi connectivity index (χ0) is 10.7. The predicted octanol–water partition coefficient (Wildman–Crippen LogP) is 3.19. The number of piperidine rings is 1. The molecule has 0 amide bonds. The summed E-state index contributed by atoms with van der Waals surface area (Å²) in [6, 6.07) is 6.23. The van der Waals surface area contributed by atoms with Crippen molar-refractivity contribution in [2.24, 2.45) is 5.92 Å². The zero-order valence-corrected chi connectivity index (χ0v) is 9.98. The molecule has 2 rings (SSSR count). The Morgan fingerprint density at radius 1 is 1.47 bits per heavy atom. The van der Waals surface area contributed by atoms with E-state index in [1.54, 1.807) is 0 Å². The molecule has 1 saturated heterocycles. The molecule has 1 aromatic carbocycles. The van der Waals surface area contributed by atoms with Gasteiger partial charge >= 0.3 is 0 Å². The lowest BCUT2D eigenvalue weighted by Gasteiger charge is -2.23. The van der Waals surface area contributed by atoms with E-state index in [4.69, 9.17) is 11.6 Å². The van der Waals surface area contributed by atoms with Crippen LogP contribution in [0.25, 0.3) is 0 Å². The fraction of sp³-hybridized carbons (Fsp3) is 0.538. The molecule has 1 nitrogen and oxygen atoms in total. The molecule has 0 spiro atoms. The molecule has 2 heteroatoms. The van der Waals surface area contributed by atoms with Gasteiger partial charge in [0.2, 0.25) is 0 Å². The van der Waals surface area contributed by atoms with Crippen LogP contribution in [0.3, 0.4) is 0 Å². The van der Waals surface area contributed by atoms with Crippen molar-refractivity contribution in [1.29, 1.82) is 0 Å². The second kappa shape index (κ2) is 5.00. The monoisotopic (exact) mass is 223 g/mol. The largest absolute Gasteiger partial charge is 0.316 e. The van der Waals surface area contributed by atoms with E-state index >= 15 is 0 Å². The highest BCUT2D eigenvalue weighted by Crippen LogP contribution is 2.23. The van der Waals surface area contributed by atoms with Crippen LogP contribution in [-0.2, 0) is 6.42 Å². The Bertz CT molecular complexity index is 329. The molecule has 1 aromatic rings. The van der Waals surface area contributed by atoms with E-state index in [9.17, 15) is 0 Å². The van der Waals surface area contributed by atoms with Crippen molar-refractivity contribution < 1.29 is 0 Å². The number of rotatable bonds is 2. The lowest BCUT2D eigenvalue weighted by molar-refractivity contribution is 0.375. The average molecular weight is 224 g/mol. The molecule has 0 saturated carbocycles. The first kappa shape index (κ1) is 11.0. The van der Waals surface area contributed by atoms with Gasteiger partial charge in [-0.15, -0.1) is 0 Å². The van der Waals surface area contributed by atoms with E-state index in [0.29, 0.717) is 0 Å². The van der Waals surface area contributed by atoms with Crippen molar-refractivity contribution in [1.82, 2.24) is 5.32 Å². The molecule has 82 valence electrons. The van der Waals surface area contributed by atoms with Gasteiger partial charge in [0.25, 0.3) is 0 Å². The molecule has 0 bridgehead atoms. The normalized spacial score (nSPS) is 21.6. The van der Waals surface area contributed by atoms with Gasteiger partial charge in [0.05, 0.1) is 0 Å². The van der Waals surface area contributed by atoms with Crippen LogP contribution in [-0.4, -0.2) is 13.1 Å². The molecular weight excluding hydrogens is 206 g/mol. The van der Waals surface area contributed by atoms with Crippen LogP contribution in [0.5, 0.6) is 0 Å². The van der Waals surface area contributed by atoms with Crippen LogP contribution >= 0.6 is 11.6 Å². The number of halogens is 1. The number of benzene rings is 1. The lowest BCUT2D eigenvalue weighted by Crippen LogP contribution is -2.30. The van der Waals surface area contributed by atoms with E-state index in [1.807, 2.05) is 6.07 Å². The van der Waals surface area contributed by atoms with E-state index in [2.05, 4.69) is 24.4 Å². The van der Waals surface area contributed by atoms with Gasteiger partial charge in [-0.2, -0.15) is 0 Å². The van der Waals surface area contributed by atoms with Gasteiger partial charge in [0.1, 0.15) is 0 Å². The number of nitrogens with one attached hydrogen (secondary N) is 1. The fourth-order valence-electron chi connectivity index (χ4n) is 2.28.